The average molecular weight is 363 g/mol. The number of carboxylic acids is 2. The molecule has 2 rings (SSSR count). The molecule has 0 aliphatic carbocycles. The molecule has 7 nitrogen and oxygen atoms in total. The fourth-order valence-corrected chi connectivity index (χ4v) is 2.82. The maximum atomic E-state index is 10.7. The Morgan fingerprint density at radius 2 is 1.28 bits per heavy atom. The SMILES string of the molecule is Cc1cc(C)cc(C(=O)[O-])c1.Cc1ccc(C(=O)[O-])cc1S(=O)(=O)[O-]. The molecule has 0 radical (unpaired) electrons. The first kappa shape index (κ1) is 20.3. The van der Waals surface area contributed by atoms with Gasteiger partial charge in [-0.1, -0.05) is 41.5 Å². The molecule has 0 bridgehead atoms. The Kier molecular flexibility index (Phi) is 6.43. The van der Waals surface area contributed by atoms with Crippen molar-refractivity contribution in [2.45, 2.75) is 25.7 Å². The highest BCUT2D eigenvalue weighted by Crippen LogP contribution is 2.16. The summed E-state index contributed by atoms with van der Waals surface area (Å²) in [4.78, 5) is 20.2. The number of aryl methyl sites for hydroxylation is 3. The molecule has 0 aliphatic rings. The van der Waals surface area contributed by atoms with Crippen LogP contribution in [0.15, 0.2) is 41.3 Å². The third kappa shape index (κ3) is 6.02. The summed E-state index contributed by atoms with van der Waals surface area (Å²) < 4.78 is 32.0. The van der Waals surface area contributed by atoms with E-state index in [0.717, 1.165) is 17.2 Å². The van der Waals surface area contributed by atoms with Gasteiger partial charge in [-0.3, -0.25) is 0 Å². The van der Waals surface area contributed by atoms with E-state index in [2.05, 4.69) is 0 Å². The molecule has 0 unspecified atom stereocenters. The quantitative estimate of drug-likeness (QED) is 0.696. The zero-order valence-corrected chi connectivity index (χ0v) is 14.5. The van der Waals surface area contributed by atoms with Crippen molar-refractivity contribution < 1.29 is 32.8 Å². The molecule has 2 aromatic rings. The van der Waals surface area contributed by atoms with Gasteiger partial charge in [-0.25, -0.2) is 8.42 Å². The normalized spacial score (nSPS) is 10.6. The summed E-state index contributed by atoms with van der Waals surface area (Å²) >= 11 is 0. The fourth-order valence-electron chi connectivity index (χ4n) is 2.09. The molecule has 134 valence electrons. The van der Waals surface area contributed by atoms with Crippen LogP contribution in [0.5, 0.6) is 0 Å². The maximum Gasteiger partial charge on any atom is 0.124 e. The van der Waals surface area contributed by atoms with Gasteiger partial charge in [0, 0.05) is 0 Å². The minimum atomic E-state index is -4.63. The molecule has 0 aromatic heterocycles. The van der Waals surface area contributed by atoms with Crippen molar-refractivity contribution in [1.29, 1.82) is 0 Å². The topological polar surface area (TPSA) is 137 Å². The summed E-state index contributed by atoms with van der Waals surface area (Å²) in [5.74, 6) is -2.63. The highest BCUT2D eigenvalue weighted by molar-refractivity contribution is 7.85. The number of hydrogen-bond donors (Lipinski definition) is 0. The first-order valence-electron chi connectivity index (χ1n) is 6.99. The van der Waals surface area contributed by atoms with Crippen LogP contribution in [0.25, 0.3) is 0 Å². The van der Waals surface area contributed by atoms with Gasteiger partial charge in [0.25, 0.3) is 0 Å². The van der Waals surface area contributed by atoms with Crippen LogP contribution in [0, 0.1) is 20.8 Å². The molecule has 0 amide bonds. The van der Waals surface area contributed by atoms with E-state index < -0.39 is 27.0 Å². The Morgan fingerprint density at radius 3 is 1.68 bits per heavy atom. The van der Waals surface area contributed by atoms with Crippen LogP contribution in [-0.2, 0) is 10.1 Å². The fraction of sp³-hybridized carbons (Fsp3) is 0.176. The van der Waals surface area contributed by atoms with Crippen molar-refractivity contribution in [2.24, 2.45) is 0 Å². The number of carbonyl (C=O) groups excluding carboxylic acids is 2. The van der Waals surface area contributed by atoms with Gasteiger partial charge in [-0.05, 0) is 43.5 Å². The summed E-state index contributed by atoms with van der Waals surface area (Å²) in [5, 5.41) is 20.8. The molecule has 0 heterocycles. The predicted molar refractivity (Wildman–Crippen MR) is 83.7 cm³/mol. The molecule has 0 fully saturated rings. The summed E-state index contributed by atoms with van der Waals surface area (Å²) in [6.45, 7) is 5.13. The predicted octanol–water partition coefficient (Wildman–Crippen LogP) is -0.0704. The highest BCUT2D eigenvalue weighted by Gasteiger charge is 2.07. The molecule has 0 saturated carbocycles. The van der Waals surface area contributed by atoms with Crippen molar-refractivity contribution in [2.75, 3.05) is 0 Å². The second-order valence-electron chi connectivity index (χ2n) is 5.39. The maximum absolute atomic E-state index is 10.7. The number of aromatic carboxylic acids is 2. The smallest absolute Gasteiger partial charge is 0.124 e. The Morgan fingerprint density at radius 1 is 0.800 bits per heavy atom. The summed E-state index contributed by atoms with van der Waals surface area (Å²) in [7, 11) is -4.63. The zero-order chi connectivity index (χ0) is 19.4. The molecule has 0 spiro atoms. The van der Waals surface area contributed by atoms with Gasteiger partial charge in [0.15, 0.2) is 0 Å². The number of hydrogen-bond acceptors (Lipinski definition) is 7. The summed E-state index contributed by atoms with van der Waals surface area (Å²) in [6.07, 6.45) is 0. The van der Waals surface area contributed by atoms with Crippen LogP contribution in [-0.4, -0.2) is 24.9 Å². The van der Waals surface area contributed by atoms with Crippen molar-refractivity contribution >= 4 is 22.1 Å². The lowest BCUT2D eigenvalue weighted by Gasteiger charge is -2.12. The van der Waals surface area contributed by atoms with Crippen molar-refractivity contribution in [3.63, 3.8) is 0 Å². The molecule has 0 atom stereocenters. The van der Waals surface area contributed by atoms with E-state index in [-0.39, 0.29) is 16.7 Å². The van der Waals surface area contributed by atoms with E-state index in [9.17, 15) is 32.8 Å². The van der Waals surface area contributed by atoms with Gasteiger partial charge in [-0.2, -0.15) is 0 Å². The van der Waals surface area contributed by atoms with Crippen molar-refractivity contribution in [3.8, 4) is 0 Å². The largest absolute Gasteiger partial charge is 0.744 e. The van der Waals surface area contributed by atoms with Crippen LogP contribution in [0.4, 0.5) is 0 Å². The molecule has 0 aliphatic heterocycles. The number of rotatable bonds is 3. The Balaban J connectivity index is 0.000000257. The van der Waals surface area contributed by atoms with Crippen LogP contribution in [0.1, 0.15) is 37.4 Å². The van der Waals surface area contributed by atoms with E-state index >= 15 is 0 Å². The average Bonchev–Trinajstić information content (AvgIpc) is 2.45. The summed E-state index contributed by atoms with van der Waals surface area (Å²) in [6, 6.07) is 8.35. The summed E-state index contributed by atoms with van der Waals surface area (Å²) in [5.41, 5.74) is 2.03. The van der Waals surface area contributed by atoms with Crippen LogP contribution >= 0.6 is 0 Å². The van der Waals surface area contributed by atoms with Crippen LogP contribution in [0.3, 0.4) is 0 Å². The van der Waals surface area contributed by atoms with E-state index in [1.54, 1.807) is 12.1 Å². The third-order valence-electron chi connectivity index (χ3n) is 3.15. The molecular formula is C17H15O7S-3. The first-order chi connectivity index (χ1) is 11.4. The van der Waals surface area contributed by atoms with Gasteiger partial charge in [-0.15, -0.1) is 0 Å². The Bertz CT molecular complexity index is 894. The molecule has 0 saturated heterocycles. The van der Waals surface area contributed by atoms with E-state index in [0.29, 0.717) is 0 Å². The van der Waals surface area contributed by atoms with Crippen molar-refractivity contribution in [1.82, 2.24) is 0 Å². The standard InChI is InChI=1S/C9H10O2.C8H8O5S/c1-6-3-7(2)5-8(4-6)9(10)11;1-5-2-3-6(8(9)10)4-7(5)14(11,12)13/h3-5H,1-2H3,(H,10,11);2-4H,1H3,(H,9,10)(H,11,12,13)/p-3. The lowest BCUT2D eigenvalue weighted by molar-refractivity contribution is -0.256. The van der Waals surface area contributed by atoms with Crippen molar-refractivity contribution in [3.05, 3.63) is 64.2 Å². The van der Waals surface area contributed by atoms with Crippen LogP contribution < -0.4 is 10.2 Å². The monoisotopic (exact) mass is 363 g/mol. The van der Waals surface area contributed by atoms with E-state index in [4.69, 9.17) is 0 Å². The third-order valence-corrected chi connectivity index (χ3v) is 4.13. The molecular weight excluding hydrogens is 348 g/mol. The van der Waals surface area contributed by atoms with Gasteiger partial charge >= 0.3 is 0 Å². The van der Waals surface area contributed by atoms with Gasteiger partial charge in [0.2, 0.25) is 0 Å². The molecule has 25 heavy (non-hydrogen) atoms. The number of benzene rings is 2. The van der Waals surface area contributed by atoms with E-state index in [1.807, 2.05) is 19.9 Å². The van der Waals surface area contributed by atoms with E-state index in [1.165, 1.54) is 19.1 Å². The molecule has 0 N–H and O–H groups in total. The lowest BCUT2D eigenvalue weighted by atomic mass is 10.1. The van der Waals surface area contributed by atoms with Gasteiger partial charge < -0.3 is 24.4 Å². The Hall–Kier alpha value is -2.71. The zero-order valence-electron chi connectivity index (χ0n) is 13.7. The lowest BCUT2D eigenvalue weighted by Crippen LogP contribution is -2.22. The first-order valence-corrected chi connectivity index (χ1v) is 8.40. The second-order valence-corrected chi connectivity index (χ2v) is 6.73. The highest BCUT2D eigenvalue weighted by atomic mass is 32.2. The van der Waals surface area contributed by atoms with Gasteiger partial charge in [0.1, 0.15) is 10.1 Å². The number of carbonyl (C=O) groups is 2. The van der Waals surface area contributed by atoms with Gasteiger partial charge in [0.05, 0.1) is 16.8 Å². The minimum Gasteiger partial charge on any atom is -0.744 e. The second kappa shape index (κ2) is 7.91. The molecule has 8 heteroatoms. The molecule has 2 aromatic carbocycles. The minimum absolute atomic E-state index is 0.213. The number of carboxylic acid groups (broad SMARTS) is 2. The van der Waals surface area contributed by atoms with Crippen LogP contribution in [0.2, 0.25) is 0 Å². The Labute approximate surface area is 145 Å².